The first-order valence-corrected chi connectivity index (χ1v) is 11.8. The highest BCUT2D eigenvalue weighted by molar-refractivity contribution is 7.10. The molecule has 1 saturated heterocycles. The largest absolute Gasteiger partial charge is 0.381 e. The average Bonchev–Trinajstić information content (AvgIpc) is 3.46. The second kappa shape index (κ2) is 7.53. The summed E-state index contributed by atoms with van der Waals surface area (Å²) in [5.74, 6) is 0.951. The van der Waals surface area contributed by atoms with Gasteiger partial charge in [0.2, 0.25) is 5.65 Å². The number of thiophene rings is 1. The van der Waals surface area contributed by atoms with E-state index < -0.39 is 0 Å². The fraction of sp³-hybridized carbons (Fsp3) is 0.391. The fourth-order valence-electron chi connectivity index (χ4n) is 4.88. The van der Waals surface area contributed by atoms with Crippen LogP contribution in [0.25, 0.3) is 16.7 Å². The summed E-state index contributed by atoms with van der Waals surface area (Å²) < 4.78 is 7.34. The van der Waals surface area contributed by atoms with Crippen LogP contribution in [0, 0.1) is 6.92 Å². The highest BCUT2D eigenvalue weighted by Crippen LogP contribution is 2.29. The number of carbonyl (C=O) groups is 1. The Bertz CT molecular complexity index is 1410. The van der Waals surface area contributed by atoms with Gasteiger partial charge in [-0.1, -0.05) is 0 Å². The Morgan fingerprint density at radius 3 is 2.94 bits per heavy atom. The van der Waals surface area contributed by atoms with E-state index in [9.17, 15) is 9.59 Å². The number of nitrogens with one attached hydrogen (secondary N) is 1. The third kappa shape index (κ3) is 3.07. The number of amides is 1. The number of aromatic nitrogens is 4. The molecule has 0 aliphatic carbocycles. The number of hydrogen-bond donors (Lipinski definition) is 1. The van der Waals surface area contributed by atoms with Crippen molar-refractivity contribution in [3.63, 3.8) is 0 Å². The van der Waals surface area contributed by atoms with Gasteiger partial charge in [0.15, 0.2) is 0 Å². The summed E-state index contributed by atoms with van der Waals surface area (Å²) in [6.45, 7) is 4.60. The van der Waals surface area contributed by atoms with E-state index >= 15 is 0 Å². The third-order valence-corrected chi connectivity index (χ3v) is 7.66. The van der Waals surface area contributed by atoms with Crippen LogP contribution in [0.15, 0.2) is 28.4 Å². The van der Waals surface area contributed by atoms with Gasteiger partial charge in [0.05, 0.1) is 11.0 Å². The van der Waals surface area contributed by atoms with Gasteiger partial charge in [-0.05, 0) is 60.9 Å². The molecule has 1 aromatic carbocycles. The van der Waals surface area contributed by atoms with E-state index in [1.807, 2.05) is 28.4 Å². The van der Waals surface area contributed by atoms with Crippen molar-refractivity contribution in [3.8, 4) is 0 Å². The maximum atomic E-state index is 13.5. The molecular formula is C23H23N5O3S. The van der Waals surface area contributed by atoms with Gasteiger partial charge in [0.1, 0.15) is 5.82 Å². The van der Waals surface area contributed by atoms with Crippen molar-refractivity contribution in [3.05, 3.63) is 61.3 Å². The molecule has 0 spiro atoms. The van der Waals surface area contributed by atoms with Crippen LogP contribution in [0.3, 0.4) is 0 Å². The molecule has 2 aliphatic rings. The maximum Gasteiger partial charge on any atom is 0.294 e. The molecule has 1 N–H and O–H groups in total. The van der Waals surface area contributed by atoms with Gasteiger partial charge in [-0.15, -0.1) is 21.5 Å². The summed E-state index contributed by atoms with van der Waals surface area (Å²) in [7, 11) is 0. The SMILES string of the molecule is Cc1cc2[nH]c(=O)c3nnc(C4CCOCC4)n3c2cc1C(=O)N1CCc2sccc2C1. The summed E-state index contributed by atoms with van der Waals surface area (Å²) in [6.07, 6.45) is 2.56. The number of H-pyrrole nitrogens is 1. The Kier molecular flexibility index (Phi) is 4.62. The van der Waals surface area contributed by atoms with Crippen LogP contribution in [-0.2, 0) is 17.7 Å². The van der Waals surface area contributed by atoms with Gasteiger partial charge >= 0.3 is 0 Å². The molecule has 8 nitrogen and oxygen atoms in total. The number of ether oxygens (including phenoxy) is 1. The first kappa shape index (κ1) is 19.6. The molecule has 6 rings (SSSR count). The number of aryl methyl sites for hydroxylation is 1. The van der Waals surface area contributed by atoms with Crippen LogP contribution >= 0.6 is 11.3 Å². The molecule has 1 fully saturated rings. The van der Waals surface area contributed by atoms with Crippen LogP contribution < -0.4 is 5.56 Å². The second-order valence-electron chi connectivity index (χ2n) is 8.59. The first-order valence-electron chi connectivity index (χ1n) is 10.9. The molecule has 0 unspecified atom stereocenters. The Balaban J connectivity index is 1.48. The highest BCUT2D eigenvalue weighted by Gasteiger charge is 2.26. The monoisotopic (exact) mass is 449 g/mol. The van der Waals surface area contributed by atoms with E-state index in [1.165, 1.54) is 10.4 Å². The zero-order valence-corrected chi connectivity index (χ0v) is 18.6. The zero-order valence-electron chi connectivity index (χ0n) is 17.8. The predicted octanol–water partition coefficient (Wildman–Crippen LogP) is 3.03. The maximum absolute atomic E-state index is 13.5. The standard InChI is InChI=1S/C23H23N5O3S/c1-13-10-17-18(11-16(13)23(30)27-6-2-19-15(12-27)5-9-32-19)28-20(14-3-7-31-8-4-14)25-26-21(28)22(29)24-17/h5,9-11,14H,2-4,6-8,12H2,1H3,(H,24,29). The number of rotatable bonds is 2. The third-order valence-electron chi connectivity index (χ3n) is 6.63. The Hall–Kier alpha value is -3.04. The molecule has 0 atom stereocenters. The minimum atomic E-state index is -0.275. The summed E-state index contributed by atoms with van der Waals surface area (Å²) >= 11 is 1.76. The molecule has 32 heavy (non-hydrogen) atoms. The Morgan fingerprint density at radius 2 is 2.09 bits per heavy atom. The van der Waals surface area contributed by atoms with Crippen LogP contribution in [0.5, 0.6) is 0 Å². The minimum absolute atomic E-state index is 0.0151. The van der Waals surface area contributed by atoms with Gasteiger partial charge in [0, 0.05) is 42.7 Å². The van der Waals surface area contributed by atoms with E-state index in [4.69, 9.17) is 4.74 Å². The van der Waals surface area contributed by atoms with Crippen LogP contribution in [-0.4, -0.2) is 50.1 Å². The summed E-state index contributed by atoms with van der Waals surface area (Å²) in [4.78, 5) is 32.4. The molecule has 2 aliphatic heterocycles. The fourth-order valence-corrected chi connectivity index (χ4v) is 5.77. The van der Waals surface area contributed by atoms with Crippen molar-refractivity contribution in [1.29, 1.82) is 0 Å². The first-order chi connectivity index (χ1) is 15.6. The zero-order chi connectivity index (χ0) is 21.8. The highest BCUT2D eigenvalue weighted by atomic mass is 32.1. The number of aromatic amines is 1. The van der Waals surface area contributed by atoms with Crippen molar-refractivity contribution in [2.24, 2.45) is 0 Å². The molecule has 164 valence electrons. The normalized spacial score (nSPS) is 17.2. The van der Waals surface area contributed by atoms with Crippen molar-refractivity contribution in [2.45, 2.75) is 38.6 Å². The number of hydrogen-bond acceptors (Lipinski definition) is 6. The lowest BCUT2D eigenvalue weighted by Crippen LogP contribution is -2.35. The molecular weight excluding hydrogens is 426 g/mol. The van der Waals surface area contributed by atoms with Crippen LogP contribution in [0.4, 0.5) is 0 Å². The number of nitrogens with zero attached hydrogens (tertiary/aromatic N) is 4. The van der Waals surface area contributed by atoms with Crippen LogP contribution in [0.2, 0.25) is 0 Å². The van der Waals surface area contributed by atoms with Gasteiger partial charge in [0.25, 0.3) is 11.5 Å². The number of benzene rings is 1. The van der Waals surface area contributed by atoms with Gasteiger partial charge < -0.3 is 14.6 Å². The van der Waals surface area contributed by atoms with E-state index in [2.05, 4.69) is 26.6 Å². The smallest absolute Gasteiger partial charge is 0.294 e. The number of carbonyl (C=O) groups excluding carboxylic acids is 1. The molecule has 0 radical (unpaired) electrons. The Morgan fingerprint density at radius 1 is 1.25 bits per heavy atom. The lowest BCUT2D eigenvalue weighted by molar-refractivity contribution is 0.0735. The molecule has 0 saturated carbocycles. The van der Waals surface area contributed by atoms with E-state index in [0.717, 1.165) is 36.2 Å². The van der Waals surface area contributed by atoms with Crippen molar-refractivity contribution in [1.82, 2.24) is 24.5 Å². The van der Waals surface area contributed by atoms with E-state index in [0.29, 0.717) is 37.4 Å². The van der Waals surface area contributed by atoms with Crippen molar-refractivity contribution in [2.75, 3.05) is 19.8 Å². The summed E-state index contributed by atoms with van der Waals surface area (Å²) in [6, 6.07) is 5.89. The van der Waals surface area contributed by atoms with E-state index in [1.54, 1.807) is 11.3 Å². The molecule has 5 heterocycles. The Labute approximate surface area is 187 Å². The van der Waals surface area contributed by atoms with Gasteiger partial charge in [-0.2, -0.15) is 0 Å². The average molecular weight is 450 g/mol. The minimum Gasteiger partial charge on any atom is -0.381 e. The lowest BCUT2D eigenvalue weighted by Gasteiger charge is -2.27. The van der Waals surface area contributed by atoms with Gasteiger partial charge in [-0.25, -0.2) is 0 Å². The lowest BCUT2D eigenvalue weighted by atomic mass is 9.99. The molecule has 9 heteroatoms. The molecule has 4 aromatic rings. The quantitative estimate of drug-likeness (QED) is 0.508. The van der Waals surface area contributed by atoms with Gasteiger partial charge in [-0.3, -0.25) is 14.0 Å². The molecule has 0 bridgehead atoms. The summed E-state index contributed by atoms with van der Waals surface area (Å²) in [5.41, 5.74) is 4.16. The molecule has 3 aromatic heterocycles. The summed E-state index contributed by atoms with van der Waals surface area (Å²) in [5, 5.41) is 10.7. The predicted molar refractivity (Wildman–Crippen MR) is 121 cm³/mol. The van der Waals surface area contributed by atoms with Crippen LogP contribution in [0.1, 0.15) is 50.9 Å². The topological polar surface area (TPSA) is 92.6 Å². The molecule has 1 amide bonds. The number of fused-ring (bicyclic) bond motifs is 4. The van der Waals surface area contributed by atoms with Crippen molar-refractivity contribution >= 4 is 33.9 Å². The van der Waals surface area contributed by atoms with Crippen molar-refractivity contribution < 1.29 is 9.53 Å². The second-order valence-corrected chi connectivity index (χ2v) is 9.59. The van der Waals surface area contributed by atoms with E-state index in [-0.39, 0.29) is 23.0 Å².